The zero-order valence-electron chi connectivity index (χ0n) is 20.7. The monoisotopic (exact) mass is 470 g/mol. The summed E-state index contributed by atoms with van der Waals surface area (Å²) in [6.07, 6.45) is 16.7. The summed E-state index contributed by atoms with van der Waals surface area (Å²) in [5, 5.41) is 5.09. The van der Waals surface area contributed by atoms with E-state index in [0.29, 0.717) is 11.8 Å². The Hall–Kier alpha value is -2.66. The number of nitrogens with zero attached hydrogens (tertiary/aromatic N) is 1. The van der Waals surface area contributed by atoms with E-state index < -0.39 is 0 Å². The highest BCUT2D eigenvalue weighted by Crippen LogP contribution is 2.69. The first kappa shape index (κ1) is 21.6. The van der Waals surface area contributed by atoms with Crippen molar-refractivity contribution in [2.75, 3.05) is 7.05 Å². The largest absolute Gasteiger partial charge is 0.446 e. The first-order valence-electron chi connectivity index (χ1n) is 13.3. The quantitative estimate of drug-likeness (QED) is 0.568. The number of amides is 1. The molecule has 5 heteroatoms. The number of pyridine rings is 1. The maximum Gasteiger partial charge on any atom is 0.407 e. The van der Waals surface area contributed by atoms with Gasteiger partial charge in [-0.1, -0.05) is 31.2 Å². The average Bonchev–Trinajstić information content (AvgIpc) is 3.38. The van der Waals surface area contributed by atoms with Gasteiger partial charge in [0.2, 0.25) is 0 Å². The molecule has 1 aromatic heterocycles. The molecule has 2 spiro atoms. The molecule has 3 fully saturated rings. The minimum atomic E-state index is -0.336. The fourth-order valence-electron chi connectivity index (χ4n) is 8.54. The molecule has 1 N–H and O–H groups in total. The Morgan fingerprint density at radius 2 is 2.09 bits per heavy atom. The van der Waals surface area contributed by atoms with E-state index in [4.69, 9.17) is 9.47 Å². The molecule has 2 bridgehead atoms. The van der Waals surface area contributed by atoms with E-state index in [1.807, 2.05) is 12.4 Å². The van der Waals surface area contributed by atoms with Crippen LogP contribution < -0.4 is 5.32 Å². The number of fused-ring (bicyclic) bond motifs is 2. The topological polar surface area (TPSA) is 60.5 Å². The third-order valence-corrected chi connectivity index (χ3v) is 10.2. The Kier molecular flexibility index (Phi) is 4.58. The molecule has 2 aromatic rings. The van der Waals surface area contributed by atoms with Crippen molar-refractivity contribution in [3.05, 3.63) is 65.5 Å². The number of alkyl carbamates (subject to hydrolysis) is 1. The number of carbonyl (C=O) groups excluding carboxylic acids is 1. The fraction of sp³-hybridized carbons (Fsp3) is 0.533. The second-order valence-corrected chi connectivity index (χ2v) is 11.7. The molecule has 5 nitrogen and oxygen atoms in total. The van der Waals surface area contributed by atoms with Gasteiger partial charge in [-0.2, -0.15) is 0 Å². The van der Waals surface area contributed by atoms with Crippen LogP contribution in [0.1, 0.15) is 69.8 Å². The van der Waals surface area contributed by atoms with Crippen LogP contribution in [-0.2, 0) is 9.47 Å². The summed E-state index contributed by atoms with van der Waals surface area (Å²) in [4.78, 5) is 16.3. The number of benzene rings is 1. The number of hydrogen-bond donors (Lipinski definition) is 1. The van der Waals surface area contributed by atoms with Crippen LogP contribution in [0.15, 0.2) is 60.0 Å². The number of hydrogen-bond acceptors (Lipinski definition) is 4. The van der Waals surface area contributed by atoms with Crippen molar-refractivity contribution in [2.45, 2.75) is 81.5 Å². The molecule has 35 heavy (non-hydrogen) atoms. The summed E-state index contributed by atoms with van der Waals surface area (Å²) in [5.74, 6) is 1.02. The minimum Gasteiger partial charge on any atom is -0.446 e. The van der Waals surface area contributed by atoms with Gasteiger partial charge in [0.15, 0.2) is 0 Å². The lowest BCUT2D eigenvalue weighted by atomic mass is 9.58. The molecule has 5 aliphatic rings. The van der Waals surface area contributed by atoms with Crippen LogP contribution in [0.5, 0.6) is 0 Å². The third kappa shape index (κ3) is 2.97. The maximum absolute atomic E-state index is 11.9. The lowest BCUT2D eigenvalue weighted by Gasteiger charge is -2.54. The van der Waals surface area contributed by atoms with Gasteiger partial charge in [0.25, 0.3) is 0 Å². The van der Waals surface area contributed by atoms with Crippen molar-refractivity contribution >= 4 is 16.9 Å². The van der Waals surface area contributed by atoms with Crippen molar-refractivity contribution in [3.63, 3.8) is 0 Å². The van der Waals surface area contributed by atoms with E-state index in [0.717, 1.165) is 38.5 Å². The van der Waals surface area contributed by atoms with Gasteiger partial charge in [0.05, 0.1) is 11.2 Å². The van der Waals surface area contributed by atoms with Crippen molar-refractivity contribution in [3.8, 4) is 0 Å². The van der Waals surface area contributed by atoms with Crippen molar-refractivity contribution < 1.29 is 14.3 Å². The number of carbonyl (C=O) groups is 1. The van der Waals surface area contributed by atoms with Crippen LogP contribution in [0.25, 0.3) is 10.8 Å². The molecule has 7 rings (SSSR count). The molecule has 0 radical (unpaired) electrons. The summed E-state index contributed by atoms with van der Waals surface area (Å²) >= 11 is 0. The minimum absolute atomic E-state index is 0.0784. The summed E-state index contributed by atoms with van der Waals surface area (Å²) in [7, 11) is 1.62. The molecule has 0 unspecified atom stereocenters. The Morgan fingerprint density at radius 1 is 1.17 bits per heavy atom. The van der Waals surface area contributed by atoms with Crippen molar-refractivity contribution in [1.82, 2.24) is 10.3 Å². The predicted octanol–water partition coefficient (Wildman–Crippen LogP) is 6.20. The van der Waals surface area contributed by atoms with E-state index in [-0.39, 0.29) is 28.8 Å². The molecule has 3 aliphatic carbocycles. The highest BCUT2D eigenvalue weighted by molar-refractivity contribution is 5.82. The Bertz CT molecular complexity index is 1280. The van der Waals surface area contributed by atoms with Gasteiger partial charge in [-0.25, -0.2) is 4.79 Å². The Labute approximate surface area is 207 Å². The van der Waals surface area contributed by atoms with Crippen molar-refractivity contribution in [1.29, 1.82) is 0 Å². The fourth-order valence-corrected chi connectivity index (χ4v) is 8.54. The Balaban J connectivity index is 1.23. The molecule has 1 amide bonds. The molecule has 182 valence electrons. The predicted molar refractivity (Wildman–Crippen MR) is 135 cm³/mol. The first-order chi connectivity index (χ1) is 17.0. The maximum atomic E-state index is 11.9. The Morgan fingerprint density at radius 3 is 2.97 bits per heavy atom. The molecular weight excluding hydrogens is 436 g/mol. The smallest absolute Gasteiger partial charge is 0.407 e. The van der Waals surface area contributed by atoms with Gasteiger partial charge in [0.1, 0.15) is 6.10 Å². The first-order valence-corrected chi connectivity index (χ1v) is 13.3. The van der Waals surface area contributed by atoms with Gasteiger partial charge in [-0.05, 0) is 96.4 Å². The highest BCUT2D eigenvalue weighted by atomic mass is 16.6. The second kappa shape index (κ2) is 7.42. The van der Waals surface area contributed by atoms with E-state index in [1.54, 1.807) is 7.05 Å². The molecular formula is C30H34N2O3. The van der Waals surface area contributed by atoms with Gasteiger partial charge in [-0.15, -0.1) is 0 Å². The average molecular weight is 471 g/mol. The van der Waals surface area contributed by atoms with Crippen LogP contribution in [0.4, 0.5) is 4.79 Å². The van der Waals surface area contributed by atoms with Gasteiger partial charge < -0.3 is 14.8 Å². The summed E-state index contributed by atoms with van der Waals surface area (Å²) in [5.41, 5.74) is 4.01. The standard InChI is InChI=1S/C30H34N2O3/c1-28-11-9-23-16-22-5-6-24(34-27(33)31-2)17-29(22)12-13-30(23,35-29)26(28)8-7-25(28)20-4-3-19-10-14-32-18-21(19)15-20/h3-4,9-10,14-16,18,24-26H,5-8,11-13,17H2,1-2H3,(H,31,33)/t24-,25-,26-,28-,29-,30-/m1/s1. The molecule has 1 saturated heterocycles. The number of ether oxygens (including phenoxy) is 2. The van der Waals surface area contributed by atoms with E-state index in [9.17, 15) is 4.79 Å². The van der Waals surface area contributed by atoms with Crippen molar-refractivity contribution in [2.24, 2.45) is 11.3 Å². The summed E-state index contributed by atoms with van der Waals surface area (Å²) in [6.45, 7) is 2.51. The van der Waals surface area contributed by atoms with Gasteiger partial charge in [0, 0.05) is 31.2 Å². The number of rotatable bonds is 2. The normalized spacial score (nSPS) is 39.2. The lowest BCUT2D eigenvalue weighted by molar-refractivity contribution is -0.144. The number of allylic oxidation sites excluding steroid dienone is 1. The SMILES string of the molecule is CNC(=O)O[C@@H]1CCC2=CC3=CC[C@]4(C)[C@@H](c5ccc6ccncc6c5)CC[C@H]4[C@@]34CC[C@]2(C1)O4. The molecule has 3 heterocycles. The zero-order valence-corrected chi connectivity index (χ0v) is 20.7. The third-order valence-electron chi connectivity index (χ3n) is 10.2. The molecule has 2 aliphatic heterocycles. The molecule has 2 saturated carbocycles. The summed E-state index contributed by atoms with van der Waals surface area (Å²) in [6, 6.07) is 9.07. The summed E-state index contributed by atoms with van der Waals surface area (Å²) < 4.78 is 13.0. The van der Waals surface area contributed by atoms with E-state index in [2.05, 4.69) is 53.6 Å². The lowest BCUT2D eigenvalue weighted by Crippen LogP contribution is -2.54. The molecule has 6 atom stereocenters. The zero-order chi connectivity index (χ0) is 23.8. The van der Waals surface area contributed by atoms with Gasteiger partial charge >= 0.3 is 6.09 Å². The van der Waals surface area contributed by atoms with Crippen LogP contribution in [-0.4, -0.2) is 35.4 Å². The van der Waals surface area contributed by atoms with Crippen LogP contribution in [0.3, 0.4) is 0 Å². The number of nitrogens with one attached hydrogen (secondary N) is 1. The highest BCUT2D eigenvalue weighted by Gasteiger charge is 2.66. The van der Waals surface area contributed by atoms with Crippen LogP contribution >= 0.6 is 0 Å². The molecule has 1 aromatic carbocycles. The van der Waals surface area contributed by atoms with E-state index in [1.165, 1.54) is 40.3 Å². The van der Waals surface area contributed by atoms with Gasteiger partial charge in [-0.3, -0.25) is 4.98 Å². The van der Waals surface area contributed by atoms with E-state index >= 15 is 0 Å². The van der Waals surface area contributed by atoms with Crippen LogP contribution in [0.2, 0.25) is 0 Å². The van der Waals surface area contributed by atoms with Crippen LogP contribution in [0, 0.1) is 11.3 Å². The number of aromatic nitrogens is 1. The second-order valence-electron chi connectivity index (χ2n) is 11.7.